The first-order chi connectivity index (χ1) is 7.20. The molecule has 0 fully saturated rings. The van der Waals surface area contributed by atoms with Crippen molar-refractivity contribution in [2.45, 2.75) is 6.54 Å². The fourth-order valence-corrected chi connectivity index (χ4v) is 1.91. The number of rotatable bonds is 2. The first kappa shape index (κ1) is 10.5. The average molecular weight is 244 g/mol. The Kier molecular flexibility index (Phi) is 2.95. The molecule has 0 saturated heterocycles. The monoisotopic (exact) mass is 243 g/mol. The van der Waals surface area contributed by atoms with E-state index in [1.54, 1.807) is 6.07 Å². The van der Waals surface area contributed by atoms with Crippen molar-refractivity contribution in [2.75, 3.05) is 0 Å². The number of nitrogens with two attached hydrogens (primary N) is 1. The average Bonchev–Trinajstić information content (AvgIpc) is 2.70. The van der Waals surface area contributed by atoms with Gasteiger partial charge in [0.15, 0.2) is 0 Å². The van der Waals surface area contributed by atoms with Gasteiger partial charge in [-0.1, -0.05) is 29.0 Å². The molecule has 2 aromatic rings. The summed E-state index contributed by atoms with van der Waals surface area (Å²) in [5.74, 6) is -0.460. The van der Waals surface area contributed by atoms with Crippen LogP contribution in [-0.4, -0.2) is 10.2 Å². The van der Waals surface area contributed by atoms with Crippen molar-refractivity contribution in [3.05, 3.63) is 34.0 Å². The van der Waals surface area contributed by atoms with Crippen LogP contribution in [0.15, 0.2) is 18.2 Å². The highest BCUT2D eigenvalue weighted by Crippen LogP contribution is 2.26. The zero-order valence-corrected chi connectivity index (χ0v) is 9.15. The Bertz CT molecular complexity index is 486. The quantitative estimate of drug-likeness (QED) is 0.882. The lowest BCUT2D eigenvalue weighted by Crippen LogP contribution is -1.94. The lowest BCUT2D eigenvalue weighted by atomic mass is 10.2. The third-order valence-electron chi connectivity index (χ3n) is 1.81. The molecule has 2 rings (SSSR count). The predicted octanol–water partition coefficient (Wildman–Crippen LogP) is 2.46. The van der Waals surface area contributed by atoms with E-state index in [0.717, 1.165) is 5.01 Å². The van der Waals surface area contributed by atoms with Crippen molar-refractivity contribution in [1.82, 2.24) is 10.2 Å². The van der Waals surface area contributed by atoms with E-state index in [-0.39, 0.29) is 5.02 Å². The van der Waals surface area contributed by atoms with E-state index < -0.39 is 5.82 Å². The van der Waals surface area contributed by atoms with Gasteiger partial charge in [0.1, 0.15) is 15.8 Å². The summed E-state index contributed by atoms with van der Waals surface area (Å²) >= 11 is 6.92. The molecule has 1 heterocycles. The highest BCUT2D eigenvalue weighted by molar-refractivity contribution is 7.14. The van der Waals surface area contributed by atoms with Crippen LogP contribution >= 0.6 is 22.9 Å². The van der Waals surface area contributed by atoms with Crippen molar-refractivity contribution in [2.24, 2.45) is 5.73 Å². The summed E-state index contributed by atoms with van der Waals surface area (Å²) in [6.45, 7) is 0.341. The molecule has 0 saturated carbocycles. The van der Waals surface area contributed by atoms with Crippen LogP contribution in [0.4, 0.5) is 4.39 Å². The normalized spacial score (nSPS) is 10.6. The van der Waals surface area contributed by atoms with Crippen molar-refractivity contribution in [1.29, 1.82) is 0 Å². The minimum absolute atomic E-state index is 0.0994. The highest BCUT2D eigenvalue weighted by atomic mass is 35.5. The molecular formula is C9H7ClFN3S. The van der Waals surface area contributed by atoms with Crippen LogP contribution in [0.1, 0.15) is 5.01 Å². The summed E-state index contributed by atoms with van der Waals surface area (Å²) in [5.41, 5.74) is 6.07. The van der Waals surface area contributed by atoms with E-state index in [1.165, 1.54) is 23.5 Å². The lowest BCUT2D eigenvalue weighted by molar-refractivity contribution is 0.629. The number of hydrogen-bond acceptors (Lipinski definition) is 4. The van der Waals surface area contributed by atoms with Gasteiger partial charge in [-0.3, -0.25) is 0 Å². The van der Waals surface area contributed by atoms with Crippen molar-refractivity contribution < 1.29 is 4.39 Å². The molecule has 0 bridgehead atoms. The van der Waals surface area contributed by atoms with Gasteiger partial charge in [-0.15, -0.1) is 10.2 Å². The fourth-order valence-electron chi connectivity index (χ4n) is 1.08. The van der Waals surface area contributed by atoms with Crippen LogP contribution in [-0.2, 0) is 6.54 Å². The Hall–Kier alpha value is -1.04. The second kappa shape index (κ2) is 4.22. The summed E-state index contributed by atoms with van der Waals surface area (Å²) in [6.07, 6.45) is 0. The van der Waals surface area contributed by atoms with Gasteiger partial charge in [0.2, 0.25) is 0 Å². The second-order valence-electron chi connectivity index (χ2n) is 2.83. The van der Waals surface area contributed by atoms with Gasteiger partial charge < -0.3 is 5.73 Å². The molecule has 15 heavy (non-hydrogen) atoms. The molecule has 0 atom stereocenters. The second-order valence-corrected chi connectivity index (χ2v) is 4.30. The number of nitrogens with zero attached hydrogens (tertiary/aromatic N) is 2. The summed E-state index contributed by atoms with van der Waals surface area (Å²) in [5, 5.41) is 9.22. The largest absolute Gasteiger partial charge is 0.324 e. The first-order valence-corrected chi connectivity index (χ1v) is 5.38. The molecule has 0 aliphatic carbocycles. The summed E-state index contributed by atoms with van der Waals surface area (Å²) in [7, 11) is 0. The van der Waals surface area contributed by atoms with Gasteiger partial charge in [-0.05, 0) is 12.1 Å². The predicted molar refractivity (Wildman–Crippen MR) is 58.2 cm³/mol. The molecule has 0 aliphatic rings. The molecule has 0 radical (unpaired) electrons. The number of halogens is 2. The molecule has 1 aromatic heterocycles. The molecule has 6 heteroatoms. The van der Waals surface area contributed by atoms with E-state index in [4.69, 9.17) is 17.3 Å². The van der Waals surface area contributed by atoms with E-state index in [9.17, 15) is 4.39 Å². The number of benzene rings is 1. The van der Waals surface area contributed by atoms with Crippen LogP contribution in [0.3, 0.4) is 0 Å². The fraction of sp³-hybridized carbons (Fsp3) is 0.111. The molecule has 0 unspecified atom stereocenters. The van der Waals surface area contributed by atoms with Gasteiger partial charge in [0.25, 0.3) is 0 Å². The minimum atomic E-state index is -0.460. The molecule has 2 N–H and O–H groups in total. The SMILES string of the molecule is NCc1nnc(-c2ccc(Cl)c(F)c2)s1. The molecule has 1 aromatic carbocycles. The van der Waals surface area contributed by atoms with E-state index in [2.05, 4.69) is 10.2 Å². The maximum absolute atomic E-state index is 13.2. The maximum Gasteiger partial charge on any atom is 0.147 e. The van der Waals surface area contributed by atoms with Gasteiger partial charge in [0.05, 0.1) is 5.02 Å². The summed E-state index contributed by atoms with van der Waals surface area (Å²) in [6, 6.07) is 4.53. The van der Waals surface area contributed by atoms with Crippen molar-refractivity contribution >= 4 is 22.9 Å². The molecular weight excluding hydrogens is 237 g/mol. The van der Waals surface area contributed by atoms with Crippen LogP contribution in [0.5, 0.6) is 0 Å². The molecule has 0 aliphatic heterocycles. The Morgan fingerprint density at radius 2 is 2.20 bits per heavy atom. The molecule has 0 spiro atoms. The van der Waals surface area contributed by atoms with E-state index in [1.807, 2.05) is 0 Å². The van der Waals surface area contributed by atoms with E-state index >= 15 is 0 Å². The van der Waals surface area contributed by atoms with Gasteiger partial charge >= 0.3 is 0 Å². The third-order valence-corrected chi connectivity index (χ3v) is 3.11. The van der Waals surface area contributed by atoms with Crippen molar-refractivity contribution in [3.8, 4) is 10.6 Å². The van der Waals surface area contributed by atoms with Crippen LogP contribution < -0.4 is 5.73 Å². The first-order valence-electron chi connectivity index (χ1n) is 4.18. The van der Waals surface area contributed by atoms with Crippen molar-refractivity contribution in [3.63, 3.8) is 0 Å². The van der Waals surface area contributed by atoms with Gasteiger partial charge in [-0.25, -0.2) is 4.39 Å². The minimum Gasteiger partial charge on any atom is -0.324 e. The lowest BCUT2D eigenvalue weighted by Gasteiger charge is -1.96. The van der Waals surface area contributed by atoms with Crippen LogP contribution in [0, 0.1) is 5.82 Å². The Morgan fingerprint density at radius 3 is 2.80 bits per heavy atom. The highest BCUT2D eigenvalue weighted by Gasteiger charge is 2.08. The zero-order chi connectivity index (χ0) is 10.8. The molecule has 0 amide bonds. The van der Waals surface area contributed by atoms with Crippen LogP contribution in [0.2, 0.25) is 5.02 Å². The molecule has 78 valence electrons. The smallest absolute Gasteiger partial charge is 0.147 e. The van der Waals surface area contributed by atoms with Gasteiger partial charge in [-0.2, -0.15) is 0 Å². The van der Waals surface area contributed by atoms with E-state index in [0.29, 0.717) is 17.1 Å². The summed E-state index contributed by atoms with van der Waals surface area (Å²) in [4.78, 5) is 0. The summed E-state index contributed by atoms with van der Waals surface area (Å²) < 4.78 is 13.2. The standard InChI is InChI=1S/C9H7ClFN3S/c10-6-2-1-5(3-7(6)11)9-14-13-8(4-12)15-9/h1-3H,4,12H2. The molecule has 3 nitrogen and oxygen atoms in total. The Labute approximate surface area is 94.7 Å². The third kappa shape index (κ3) is 2.14. The number of hydrogen-bond donors (Lipinski definition) is 1. The Morgan fingerprint density at radius 1 is 1.40 bits per heavy atom. The number of aromatic nitrogens is 2. The zero-order valence-electron chi connectivity index (χ0n) is 7.58. The maximum atomic E-state index is 13.2. The van der Waals surface area contributed by atoms with Gasteiger partial charge in [0, 0.05) is 12.1 Å². The topological polar surface area (TPSA) is 51.8 Å². The van der Waals surface area contributed by atoms with Crippen LogP contribution in [0.25, 0.3) is 10.6 Å². The Balaban J connectivity index is 2.40.